The van der Waals surface area contributed by atoms with E-state index in [1.165, 1.54) is 19.1 Å². The van der Waals surface area contributed by atoms with Crippen LogP contribution in [0.4, 0.5) is 4.39 Å². The Labute approximate surface area is 163 Å². The number of benzene rings is 2. The molecule has 3 aromatic rings. The van der Waals surface area contributed by atoms with Crippen LogP contribution in [0.25, 0.3) is 16.9 Å². The van der Waals surface area contributed by atoms with E-state index in [1.54, 1.807) is 17.9 Å². The van der Waals surface area contributed by atoms with Crippen LogP contribution in [0.1, 0.15) is 12.5 Å². The zero-order valence-electron chi connectivity index (χ0n) is 15.9. The van der Waals surface area contributed by atoms with Gasteiger partial charge in [0.25, 0.3) is 0 Å². The number of carbonyl (C=O) groups is 1. The number of nitrogens with zero attached hydrogens (tertiary/aromatic N) is 2. The Hall–Kier alpha value is -3.19. The highest BCUT2D eigenvalue weighted by molar-refractivity contribution is 5.72. The molecule has 6 nitrogen and oxygen atoms in total. The van der Waals surface area contributed by atoms with E-state index in [0.717, 1.165) is 17.0 Å². The molecule has 1 amide bonds. The van der Waals surface area contributed by atoms with Crippen LogP contribution in [0.5, 0.6) is 5.75 Å². The average Bonchev–Trinajstić information content (AvgIpc) is 3.12. The fourth-order valence-corrected chi connectivity index (χ4v) is 2.84. The molecule has 7 heteroatoms. The number of rotatable bonds is 8. The van der Waals surface area contributed by atoms with Crippen LogP contribution in [0.2, 0.25) is 0 Å². The van der Waals surface area contributed by atoms with Gasteiger partial charge in [0.05, 0.1) is 18.5 Å². The summed E-state index contributed by atoms with van der Waals surface area (Å²) in [5.74, 6) is 0.400. The molecule has 0 radical (unpaired) electrons. The van der Waals surface area contributed by atoms with Crippen molar-refractivity contribution in [1.29, 1.82) is 0 Å². The van der Waals surface area contributed by atoms with Crippen LogP contribution in [-0.2, 0) is 11.3 Å². The number of hydrogen-bond acceptors (Lipinski definition) is 4. The van der Waals surface area contributed by atoms with Crippen molar-refractivity contribution in [2.24, 2.45) is 0 Å². The summed E-state index contributed by atoms with van der Waals surface area (Å²) < 4.78 is 20.7. The van der Waals surface area contributed by atoms with Crippen LogP contribution in [-0.4, -0.2) is 35.9 Å². The Morgan fingerprint density at radius 2 is 1.96 bits per heavy atom. The normalized spacial score (nSPS) is 10.7. The van der Waals surface area contributed by atoms with Crippen molar-refractivity contribution in [2.75, 3.05) is 20.2 Å². The second-order valence-corrected chi connectivity index (χ2v) is 6.32. The maximum atomic E-state index is 13.7. The Bertz CT molecular complexity index is 938. The third-order valence-corrected chi connectivity index (χ3v) is 4.22. The molecule has 0 unspecified atom stereocenters. The summed E-state index contributed by atoms with van der Waals surface area (Å²) >= 11 is 0. The molecule has 0 saturated heterocycles. The molecule has 1 heterocycles. The Kier molecular flexibility index (Phi) is 6.39. The molecule has 0 aliphatic carbocycles. The van der Waals surface area contributed by atoms with Gasteiger partial charge in [0.1, 0.15) is 11.6 Å². The molecular formula is C21H23FN4O2. The number of hydrogen-bond donors (Lipinski definition) is 2. The van der Waals surface area contributed by atoms with Crippen molar-refractivity contribution in [3.63, 3.8) is 0 Å². The molecule has 0 fully saturated rings. The van der Waals surface area contributed by atoms with Gasteiger partial charge in [-0.05, 0) is 36.4 Å². The van der Waals surface area contributed by atoms with E-state index in [4.69, 9.17) is 4.74 Å². The summed E-state index contributed by atoms with van der Waals surface area (Å²) in [4.78, 5) is 11.0. The first-order chi connectivity index (χ1) is 13.6. The molecule has 0 spiro atoms. The van der Waals surface area contributed by atoms with Gasteiger partial charge in [-0.15, -0.1) is 0 Å². The highest BCUT2D eigenvalue weighted by Gasteiger charge is 2.13. The predicted octanol–water partition coefficient (Wildman–Crippen LogP) is 2.91. The van der Waals surface area contributed by atoms with Gasteiger partial charge in [0.15, 0.2) is 0 Å². The molecule has 0 saturated carbocycles. The molecule has 0 bridgehead atoms. The lowest BCUT2D eigenvalue weighted by molar-refractivity contribution is -0.118. The second kappa shape index (κ2) is 9.14. The summed E-state index contributed by atoms with van der Waals surface area (Å²) in [7, 11) is 1.62. The molecule has 146 valence electrons. The van der Waals surface area contributed by atoms with E-state index >= 15 is 0 Å². The molecule has 0 aliphatic heterocycles. The molecule has 28 heavy (non-hydrogen) atoms. The fraction of sp³-hybridized carbons (Fsp3) is 0.238. The summed E-state index contributed by atoms with van der Waals surface area (Å²) in [6, 6.07) is 13.9. The van der Waals surface area contributed by atoms with Gasteiger partial charge in [-0.3, -0.25) is 4.79 Å². The van der Waals surface area contributed by atoms with Gasteiger partial charge in [-0.2, -0.15) is 5.10 Å². The quantitative estimate of drug-likeness (QED) is 0.588. The minimum atomic E-state index is -0.305. The minimum absolute atomic E-state index is 0.0606. The van der Waals surface area contributed by atoms with Crippen LogP contribution in [0, 0.1) is 5.82 Å². The van der Waals surface area contributed by atoms with E-state index in [2.05, 4.69) is 15.7 Å². The summed E-state index contributed by atoms with van der Waals surface area (Å²) in [5, 5.41) is 10.7. The highest BCUT2D eigenvalue weighted by atomic mass is 19.1. The van der Waals surface area contributed by atoms with Crippen LogP contribution in [0.15, 0.2) is 54.7 Å². The summed E-state index contributed by atoms with van der Waals surface area (Å²) in [6.45, 7) is 3.19. The lowest BCUT2D eigenvalue weighted by Gasteiger charge is -2.06. The summed E-state index contributed by atoms with van der Waals surface area (Å²) in [5.41, 5.74) is 3.24. The van der Waals surface area contributed by atoms with Gasteiger partial charge < -0.3 is 15.4 Å². The maximum Gasteiger partial charge on any atom is 0.216 e. The molecular weight excluding hydrogens is 359 g/mol. The van der Waals surface area contributed by atoms with Crippen molar-refractivity contribution >= 4 is 5.91 Å². The number of aromatic nitrogens is 2. The highest BCUT2D eigenvalue weighted by Crippen LogP contribution is 2.25. The standard InChI is InChI=1S/C21H23FN4O2/c1-15(27)24-11-10-23-13-17-14-26(19-6-8-20(28-2)9-7-19)25-21(17)16-4-3-5-18(22)12-16/h3-9,12,14,23H,10-11,13H2,1-2H3,(H,24,27). The van der Waals surface area contributed by atoms with Crippen LogP contribution < -0.4 is 15.4 Å². The minimum Gasteiger partial charge on any atom is -0.497 e. The summed E-state index contributed by atoms with van der Waals surface area (Å²) in [6.07, 6.45) is 1.92. The zero-order chi connectivity index (χ0) is 19.9. The van der Waals surface area contributed by atoms with E-state index in [-0.39, 0.29) is 11.7 Å². The Morgan fingerprint density at radius 3 is 2.64 bits per heavy atom. The molecule has 1 aromatic heterocycles. The lowest BCUT2D eigenvalue weighted by atomic mass is 10.1. The third kappa shape index (κ3) is 4.95. The predicted molar refractivity (Wildman–Crippen MR) is 106 cm³/mol. The smallest absolute Gasteiger partial charge is 0.216 e. The zero-order valence-corrected chi connectivity index (χ0v) is 15.9. The molecule has 3 rings (SSSR count). The SMILES string of the molecule is COc1ccc(-n2cc(CNCCNC(C)=O)c(-c3cccc(F)c3)n2)cc1. The van der Waals surface area contributed by atoms with Gasteiger partial charge >= 0.3 is 0 Å². The monoisotopic (exact) mass is 382 g/mol. The van der Waals surface area contributed by atoms with Gasteiger partial charge in [-0.25, -0.2) is 9.07 Å². The van der Waals surface area contributed by atoms with Crippen molar-refractivity contribution < 1.29 is 13.9 Å². The van der Waals surface area contributed by atoms with Gasteiger partial charge in [-0.1, -0.05) is 12.1 Å². The Balaban J connectivity index is 1.84. The van der Waals surface area contributed by atoms with Gasteiger partial charge in [0, 0.05) is 43.9 Å². The van der Waals surface area contributed by atoms with Crippen LogP contribution >= 0.6 is 0 Å². The number of halogens is 1. The number of nitrogens with one attached hydrogen (secondary N) is 2. The number of methoxy groups -OCH3 is 1. The molecule has 0 atom stereocenters. The van der Waals surface area contributed by atoms with E-state index < -0.39 is 0 Å². The topological polar surface area (TPSA) is 68.2 Å². The van der Waals surface area contributed by atoms with Crippen molar-refractivity contribution in [3.05, 3.63) is 66.1 Å². The van der Waals surface area contributed by atoms with E-state index in [0.29, 0.717) is 30.9 Å². The number of amides is 1. The van der Waals surface area contributed by atoms with Crippen molar-refractivity contribution in [3.8, 4) is 22.7 Å². The molecule has 2 aromatic carbocycles. The van der Waals surface area contributed by atoms with Gasteiger partial charge in [0.2, 0.25) is 5.91 Å². The fourth-order valence-electron chi connectivity index (χ4n) is 2.84. The van der Waals surface area contributed by atoms with Crippen LogP contribution in [0.3, 0.4) is 0 Å². The van der Waals surface area contributed by atoms with E-state index in [9.17, 15) is 9.18 Å². The first kappa shape index (κ1) is 19.6. The molecule has 2 N–H and O–H groups in total. The second-order valence-electron chi connectivity index (χ2n) is 6.32. The molecule has 0 aliphatic rings. The van der Waals surface area contributed by atoms with Crippen molar-refractivity contribution in [1.82, 2.24) is 20.4 Å². The number of carbonyl (C=O) groups excluding carboxylic acids is 1. The first-order valence-electron chi connectivity index (χ1n) is 9.01. The Morgan fingerprint density at radius 1 is 1.18 bits per heavy atom. The first-order valence-corrected chi connectivity index (χ1v) is 9.01. The van der Waals surface area contributed by atoms with Crippen molar-refractivity contribution in [2.45, 2.75) is 13.5 Å². The maximum absolute atomic E-state index is 13.7. The third-order valence-electron chi connectivity index (χ3n) is 4.22. The lowest BCUT2D eigenvalue weighted by Crippen LogP contribution is -2.29. The number of ether oxygens (including phenoxy) is 1. The largest absolute Gasteiger partial charge is 0.497 e. The average molecular weight is 382 g/mol. The van der Waals surface area contributed by atoms with E-state index in [1.807, 2.05) is 36.5 Å².